The minimum atomic E-state index is -0.234. The van der Waals surface area contributed by atoms with E-state index in [-0.39, 0.29) is 11.8 Å². The zero-order valence-corrected chi connectivity index (χ0v) is 19.3. The quantitative estimate of drug-likeness (QED) is 0.573. The van der Waals surface area contributed by atoms with E-state index in [0.29, 0.717) is 46.1 Å². The molecule has 31 heavy (non-hydrogen) atoms. The number of amides is 2. The summed E-state index contributed by atoms with van der Waals surface area (Å²) in [7, 11) is 0. The van der Waals surface area contributed by atoms with Crippen LogP contribution < -0.4 is 0 Å². The number of benzene rings is 2. The van der Waals surface area contributed by atoms with Gasteiger partial charge in [0.2, 0.25) is 0 Å². The Kier molecular flexibility index (Phi) is 6.40. The van der Waals surface area contributed by atoms with E-state index >= 15 is 0 Å². The highest BCUT2D eigenvalue weighted by molar-refractivity contribution is 6.36. The van der Waals surface area contributed by atoms with Crippen LogP contribution in [0.5, 0.6) is 0 Å². The van der Waals surface area contributed by atoms with Gasteiger partial charge in [-0.25, -0.2) is 0 Å². The predicted molar refractivity (Wildman–Crippen MR) is 125 cm³/mol. The second-order valence-corrected chi connectivity index (χ2v) is 9.59. The highest BCUT2D eigenvalue weighted by Crippen LogP contribution is 2.35. The highest BCUT2D eigenvalue weighted by atomic mass is 35.5. The van der Waals surface area contributed by atoms with E-state index in [4.69, 9.17) is 23.2 Å². The molecule has 2 heterocycles. The first-order valence-electron chi connectivity index (χ1n) is 10.7. The lowest BCUT2D eigenvalue weighted by Gasteiger charge is -2.37. The van der Waals surface area contributed by atoms with Gasteiger partial charge in [0.1, 0.15) is 5.70 Å². The normalized spacial score (nSPS) is 21.9. The van der Waals surface area contributed by atoms with E-state index < -0.39 is 0 Å². The van der Waals surface area contributed by atoms with Gasteiger partial charge in [-0.2, -0.15) is 0 Å². The number of rotatable bonds is 5. The van der Waals surface area contributed by atoms with Crippen molar-refractivity contribution in [1.82, 2.24) is 9.80 Å². The molecule has 0 aliphatic carbocycles. The third-order valence-electron chi connectivity index (χ3n) is 6.00. The topological polar surface area (TPSA) is 40.6 Å². The molecule has 4 rings (SSSR count). The van der Waals surface area contributed by atoms with Crippen LogP contribution in [0.4, 0.5) is 0 Å². The Morgan fingerprint density at radius 2 is 1.39 bits per heavy atom. The van der Waals surface area contributed by atoms with Crippen molar-refractivity contribution in [3.63, 3.8) is 0 Å². The molecule has 0 bridgehead atoms. The van der Waals surface area contributed by atoms with Gasteiger partial charge in [0.25, 0.3) is 11.8 Å². The second-order valence-electron chi connectivity index (χ2n) is 8.72. The van der Waals surface area contributed by atoms with Crippen LogP contribution in [0.15, 0.2) is 54.2 Å². The van der Waals surface area contributed by atoms with Crippen LogP contribution >= 0.6 is 23.2 Å². The molecule has 2 amide bonds. The van der Waals surface area contributed by atoms with Crippen LogP contribution in [-0.4, -0.2) is 41.2 Å². The van der Waals surface area contributed by atoms with Gasteiger partial charge in [0, 0.05) is 29.7 Å². The van der Waals surface area contributed by atoms with Crippen molar-refractivity contribution in [1.29, 1.82) is 0 Å². The SMILES string of the molecule is CC1CC(C)CN(C2=C(c3ccc(Cl)cc3)C(=O)N(CCc3ccc(Cl)cc3)C2=O)C1. The first-order chi connectivity index (χ1) is 14.8. The summed E-state index contributed by atoms with van der Waals surface area (Å²) < 4.78 is 0. The summed E-state index contributed by atoms with van der Waals surface area (Å²) in [6, 6.07) is 14.7. The lowest BCUT2D eigenvalue weighted by Crippen LogP contribution is -2.42. The molecule has 0 N–H and O–H groups in total. The second kappa shape index (κ2) is 9.05. The largest absolute Gasteiger partial charge is 0.366 e. The van der Waals surface area contributed by atoms with E-state index in [1.54, 1.807) is 12.1 Å². The number of hydrogen-bond acceptors (Lipinski definition) is 3. The number of carbonyl (C=O) groups excluding carboxylic acids is 2. The zero-order chi connectivity index (χ0) is 22.1. The maximum Gasteiger partial charge on any atom is 0.277 e. The molecule has 2 aromatic carbocycles. The Hall–Kier alpha value is -2.30. The molecule has 2 unspecified atom stereocenters. The smallest absolute Gasteiger partial charge is 0.277 e. The molecule has 0 aromatic heterocycles. The predicted octanol–water partition coefficient (Wildman–Crippen LogP) is 5.29. The zero-order valence-electron chi connectivity index (χ0n) is 17.8. The molecule has 2 atom stereocenters. The molecular weight excluding hydrogens is 431 g/mol. The lowest BCUT2D eigenvalue weighted by molar-refractivity contribution is -0.137. The van der Waals surface area contributed by atoms with Crippen LogP contribution in [0.3, 0.4) is 0 Å². The molecule has 2 aromatic rings. The van der Waals surface area contributed by atoms with Gasteiger partial charge in [-0.05, 0) is 60.1 Å². The molecule has 1 fully saturated rings. The van der Waals surface area contributed by atoms with Crippen molar-refractivity contribution < 1.29 is 9.59 Å². The van der Waals surface area contributed by atoms with Crippen LogP contribution in [0.2, 0.25) is 10.0 Å². The summed E-state index contributed by atoms with van der Waals surface area (Å²) in [4.78, 5) is 30.5. The Bertz CT molecular complexity index is 1000. The fourth-order valence-electron chi connectivity index (χ4n) is 4.67. The molecule has 162 valence electrons. The van der Waals surface area contributed by atoms with Gasteiger partial charge in [0.15, 0.2) is 0 Å². The van der Waals surface area contributed by atoms with Gasteiger partial charge in [0.05, 0.1) is 5.57 Å². The summed E-state index contributed by atoms with van der Waals surface area (Å²) in [6.45, 7) is 6.29. The third kappa shape index (κ3) is 4.65. The van der Waals surface area contributed by atoms with Gasteiger partial charge >= 0.3 is 0 Å². The van der Waals surface area contributed by atoms with E-state index in [9.17, 15) is 9.59 Å². The van der Waals surface area contributed by atoms with Crippen molar-refractivity contribution in [3.05, 3.63) is 75.4 Å². The minimum Gasteiger partial charge on any atom is -0.366 e. The van der Waals surface area contributed by atoms with Crippen molar-refractivity contribution in [3.8, 4) is 0 Å². The molecular formula is C25H26Cl2N2O2. The summed E-state index contributed by atoms with van der Waals surface area (Å²) in [6.07, 6.45) is 1.71. The molecule has 1 saturated heterocycles. The maximum atomic E-state index is 13.5. The minimum absolute atomic E-state index is 0.204. The van der Waals surface area contributed by atoms with Crippen LogP contribution in [0.1, 0.15) is 31.4 Å². The maximum absolute atomic E-state index is 13.5. The van der Waals surface area contributed by atoms with Crippen LogP contribution in [0.25, 0.3) is 5.57 Å². The molecule has 0 spiro atoms. The molecule has 6 heteroatoms. The molecule has 2 aliphatic rings. The van der Waals surface area contributed by atoms with Crippen molar-refractivity contribution >= 4 is 40.6 Å². The number of halogens is 2. The van der Waals surface area contributed by atoms with E-state index in [1.807, 2.05) is 36.4 Å². The van der Waals surface area contributed by atoms with Gasteiger partial charge in [-0.1, -0.05) is 61.3 Å². The fourth-order valence-corrected chi connectivity index (χ4v) is 4.93. The van der Waals surface area contributed by atoms with Crippen LogP contribution in [-0.2, 0) is 16.0 Å². The Morgan fingerprint density at radius 3 is 1.97 bits per heavy atom. The average Bonchev–Trinajstić information content (AvgIpc) is 2.97. The standard InChI is InChI=1S/C25H26Cl2N2O2/c1-16-13-17(2)15-28(14-16)23-22(19-5-9-21(27)10-6-19)24(30)29(25(23)31)12-11-18-3-7-20(26)8-4-18/h3-10,16-17H,11-15H2,1-2H3. The van der Waals surface area contributed by atoms with Crippen LogP contribution in [0, 0.1) is 11.8 Å². The Labute approximate surface area is 193 Å². The van der Waals surface area contributed by atoms with E-state index in [0.717, 1.165) is 30.6 Å². The number of nitrogens with zero attached hydrogens (tertiary/aromatic N) is 2. The van der Waals surface area contributed by atoms with Gasteiger partial charge in [-0.15, -0.1) is 0 Å². The fraction of sp³-hybridized carbons (Fsp3) is 0.360. The summed E-state index contributed by atoms with van der Waals surface area (Å²) in [5, 5.41) is 1.27. The third-order valence-corrected chi connectivity index (χ3v) is 6.50. The molecule has 0 radical (unpaired) electrons. The first kappa shape index (κ1) is 21.9. The molecule has 0 saturated carbocycles. The number of likely N-dealkylation sites (tertiary alicyclic amines) is 1. The molecule has 4 nitrogen and oxygen atoms in total. The van der Waals surface area contributed by atoms with E-state index in [2.05, 4.69) is 18.7 Å². The lowest BCUT2D eigenvalue weighted by atomic mass is 9.91. The number of carbonyl (C=O) groups is 2. The van der Waals surface area contributed by atoms with Gasteiger partial charge in [-0.3, -0.25) is 14.5 Å². The van der Waals surface area contributed by atoms with Crippen molar-refractivity contribution in [2.75, 3.05) is 19.6 Å². The van der Waals surface area contributed by atoms with Gasteiger partial charge < -0.3 is 4.90 Å². The number of hydrogen-bond donors (Lipinski definition) is 0. The summed E-state index contributed by atoms with van der Waals surface area (Å²) in [5.74, 6) is 0.495. The van der Waals surface area contributed by atoms with Crippen molar-refractivity contribution in [2.45, 2.75) is 26.7 Å². The average molecular weight is 457 g/mol. The first-order valence-corrected chi connectivity index (χ1v) is 11.4. The summed E-state index contributed by atoms with van der Waals surface area (Å²) in [5.41, 5.74) is 2.78. The Balaban J connectivity index is 1.66. The Morgan fingerprint density at radius 1 is 0.839 bits per heavy atom. The summed E-state index contributed by atoms with van der Waals surface area (Å²) >= 11 is 12.0. The number of piperidine rings is 1. The number of imide groups is 1. The van der Waals surface area contributed by atoms with E-state index in [1.165, 1.54) is 4.90 Å². The monoisotopic (exact) mass is 456 g/mol. The highest BCUT2D eigenvalue weighted by Gasteiger charge is 2.42. The molecule has 2 aliphatic heterocycles. The van der Waals surface area contributed by atoms with Crippen molar-refractivity contribution in [2.24, 2.45) is 11.8 Å².